The Balaban J connectivity index is 1.28. The first-order valence-corrected chi connectivity index (χ1v) is 14.3. The van der Waals surface area contributed by atoms with Crippen LogP contribution in [0.3, 0.4) is 0 Å². The number of hydrogen-bond acceptors (Lipinski definition) is 7. The molecule has 6 rings (SSSR count). The highest BCUT2D eigenvalue weighted by Gasteiger charge is 2.25. The summed E-state index contributed by atoms with van der Waals surface area (Å²) in [6, 6.07) is 20.3. The first-order valence-electron chi connectivity index (χ1n) is 11.6. The maximum Gasteiger partial charge on any atom is 0.230 e. The fourth-order valence-corrected chi connectivity index (χ4v) is 7.41. The maximum absolute atomic E-state index is 12.6. The van der Waals surface area contributed by atoms with Crippen molar-refractivity contribution in [1.29, 1.82) is 0 Å². The van der Waals surface area contributed by atoms with Gasteiger partial charge in [-0.3, -0.25) is 4.79 Å². The second-order valence-corrected chi connectivity index (χ2v) is 11.4. The molecule has 0 fully saturated rings. The maximum atomic E-state index is 12.6. The van der Waals surface area contributed by atoms with Crippen LogP contribution in [0.1, 0.15) is 28.0 Å². The van der Waals surface area contributed by atoms with Gasteiger partial charge in [0.2, 0.25) is 5.91 Å². The van der Waals surface area contributed by atoms with Crippen LogP contribution in [0, 0.1) is 0 Å². The van der Waals surface area contributed by atoms with E-state index in [2.05, 4.69) is 44.2 Å². The number of thioether (sulfide) groups is 2. The van der Waals surface area contributed by atoms with Crippen LogP contribution < -0.4 is 5.32 Å². The molecule has 2 aromatic carbocycles. The minimum Gasteiger partial charge on any atom is -0.351 e. The topological polar surface area (TPSA) is 72.2 Å². The molecule has 1 aliphatic rings. The molecule has 5 aromatic rings. The van der Waals surface area contributed by atoms with Crippen LogP contribution in [0.15, 0.2) is 71.0 Å². The molecule has 1 aliphatic carbocycles. The van der Waals surface area contributed by atoms with Gasteiger partial charge in [-0.1, -0.05) is 84.2 Å². The molecule has 0 spiro atoms. The van der Waals surface area contributed by atoms with Crippen molar-refractivity contribution in [2.75, 3.05) is 5.75 Å². The van der Waals surface area contributed by atoms with Crippen LogP contribution in [0.4, 0.5) is 0 Å². The lowest BCUT2D eigenvalue weighted by Crippen LogP contribution is -2.24. The Bertz CT molecular complexity index is 1500. The Morgan fingerprint density at radius 1 is 0.943 bits per heavy atom. The Labute approximate surface area is 215 Å². The van der Waals surface area contributed by atoms with Gasteiger partial charge in [-0.2, -0.15) is 0 Å². The van der Waals surface area contributed by atoms with Gasteiger partial charge in [0, 0.05) is 17.2 Å². The lowest BCUT2D eigenvalue weighted by atomic mass is 10.2. The Morgan fingerprint density at radius 2 is 1.71 bits per heavy atom. The van der Waals surface area contributed by atoms with E-state index in [9.17, 15) is 4.79 Å². The molecule has 6 nitrogen and oxygen atoms in total. The summed E-state index contributed by atoms with van der Waals surface area (Å²) in [5, 5.41) is 14.8. The van der Waals surface area contributed by atoms with Crippen molar-refractivity contribution in [3.05, 3.63) is 82.2 Å². The zero-order valence-electron chi connectivity index (χ0n) is 18.9. The predicted molar refractivity (Wildman–Crippen MR) is 143 cm³/mol. The Morgan fingerprint density at radius 3 is 2.51 bits per heavy atom. The molecule has 0 atom stereocenters. The smallest absolute Gasteiger partial charge is 0.230 e. The third-order valence-electron chi connectivity index (χ3n) is 6.02. The summed E-state index contributed by atoms with van der Waals surface area (Å²) in [7, 11) is 0. The monoisotopic (exact) mass is 517 g/mol. The van der Waals surface area contributed by atoms with E-state index >= 15 is 0 Å². The SMILES string of the molecule is O=C(CSc1nnc2c3c4c(sc3nc(SCc3ccccc3)n12)CCC4)NCc1ccccc1. The van der Waals surface area contributed by atoms with Gasteiger partial charge in [-0.15, -0.1) is 21.5 Å². The summed E-state index contributed by atoms with van der Waals surface area (Å²) >= 11 is 4.88. The molecule has 35 heavy (non-hydrogen) atoms. The summed E-state index contributed by atoms with van der Waals surface area (Å²) in [6.07, 6.45) is 3.37. The molecule has 0 aliphatic heterocycles. The van der Waals surface area contributed by atoms with Gasteiger partial charge in [0.15, 0.2) is 16.0 Å². The normalized spacial score (nSPS) is 12.9. The van der Waals surface area contributed by atoms with Crippen LogP contribution >= 0.6 is 34.9 Å². The number of hydrogen-bond donors (Lipinski definition) is 1. The van der Waals surface area contributed by atoms with Crippen molar-refractivity contribution >= 4 is 56.6 Å². The van der Waals surface area contributed by atoms with Gasteiger partial charge in [0.1, 0.15) is 4.83 Å². The standard InChI is InChI=1S/C26H23N5OS3/c32-21(27-14-17-8-3-1-4-9-17)16-34-26-30-29-23-22-19-12-7-13-20(19)35-24(22)28-25(31(23)26)33-15-18-10-5-2-6-11-18/h1-6,8-11H,7,12-16H2,(H,27,32). The number of aromatic nitrogens is 4. The highest BCUT2D eigenvalue weighted by atomic mass is 32.2. The number of carbonyl (C=O) groups is 1. The van der Waals surface area contributed by atoms with E-state index in [1.54, 1.807) is 23.1 Å². The fraction of sp³-hybridized carbons (Fsp3) is 0.231. The van der Waals surface area contributed by atoms with Crippen LogP contribution in [0.25, 0.3) is 15.9 Å². The second kappa shape index (κ2) is 10.0. The Hall–Kier alpha value is -2.88. The molecule has 176 valence electrons. The third-order valence-corrected chi connectivity index (χ3v) is 9.15. The van der Waals surface area contributed by atoms with Crippen LogP contribution in [-0.2, 0) is 29.9 Å². The average molecular weight is 518 g/mol. The first kappa shape index (κ1) is 22.6. The minimum atomic E-state index is -0.0282. The summed E-state index contributed by atoms with van der Waals surface area (Å²) in [6.45, 7) is 0.516. The number of carbonyl (C=O) groups excluding carboxylic acids is 1. The van der Waals surface area contributed by atoms with E-state index in [4.69, 9.17) is 4.98 Å². The molecule has 0 radical (unpaired) electrons. The zero-order valence-corrected chi connectivity index (χ0v) is 21.4. The molecular weight excluding hydrogens is 495 g/mol. The van der Waals surface area contributed by atoms with E-state index in [0.29, 0.717) is 11.7 Å². The van der Waals surface area contributed by atoms with E-state index in [1.165, 1.54) is 34.2 Å². The number of nitrogens with one attached hydrogen (secondary N) is 1. The van der Waals surface area contributed by atoms with Crippen molar-refractivity contribution in [3.8, 4) is 0 Å². The molecule has 0 bridgehead atoms. The molecule has 3 heterocycles. The van der Waals surface area contributed by atoms with Crippen molar-refractivity contribution in [2.45, 2.75) is 41.9 Å². The molecule has 0 unspecified atom stereocenters. The largest absolute Gasteiger partial charge is 0.351 e. The highest BCUT2D eigenvalue weighted by Crippen LogP contribution is 2.40. The summed E-state index contributed by atoms with van der Waals surface area (Å²) in [5.41, 5.74) is 4.56. The molecular formula is C26H23N5OS3. The molecule has 9 heteroatoms. The van der Waals surface area contributed by atoms with Gasteiger partial charge < -0.3 is 5.32 Å². The van der Waals surface area contributed by atoms with Crippen molar-refractivity contribution < 1.29 is 4.79 Å². The number of rotatable bonds is 8. The molecule has 0 saturated heterocycles. The van der Waals surface area contributed by atoms with Gasteiger partial charge in [-0.05, 0) is 36.0 Å². The van der Waals surface area contributed by atoms with Gasteiger partial charge in [-0.25, -0.2) is 9.38 Å². The minimum absolute atomic E-state index is 0.0282. The third kappa shape index (κ3) is 4.68. The van der Waals surface area contributed by atoms with Crippen molar-refractivity contribution in [3.63, 3.8) is 0 Å². The van der Waals surface area contributed by atoms with Gasteiger partial charge in [0.25, 0.3) is 0 Å². The van der Waals surface area contributed by atoms with Crippen molar-refractivity contribution in [1.82, 2.24) is 24.9 Å². The van der Waals surface area contributed by atoms with Gasteiger partial charge >= 0.3 is 0 Å². The van der Waals surface area contributed by atoms with E-state index in [1.807, 2.05) is 36.4 Å². The number of amides is 1. The lowest BCUT2D eigenvalue weighted by Gasteiger charge is -2.09. The zero-order chi connectivity index (χ0) is 23.6. The first-order chi connectivity index (χ1) is 17.3. The quantitative estimate of drug-likeness (QED) is 0.216. The molecule has 0 saturated carbocycles. The summed E-state index contributed by atoms with van der Waals surface area (Å²) in [5.74, 6) is 1.05. The van der Waals surface area contributed by atoms with Crippen molar-refractivity contribution in [2.24, 2.45) is 0 Å². The lowest BCUT2D eigenvalue weighted by molar-refractivity contribution is -0.118. The number of aryl methyl sites for hydroxylation is 2. The number of nitrogens with zero attached hydrogens (tertiary/aromatic N) is 4. The van der Waals surface area contributed by atoms with E-state index < -0.39 is 0 Å². The predicted octanol–water partition coefficient (Wildman–Crippen LogP) is 5.53. The Kier molecular flexibility index (Phi) is 6.45. The van der Waals surface area contributed by atoms with Crippen LogP contribution in [0.2, 0.25) is 0 Å². The number of thiophene rings is 1. The number of fused-ring (bicyclic) bond motifs is 5. The fourth-order valence-electron chi connectivity index (χ4n) is 4.33. The second-order valence-electron chi connectivity index (χ2n) is 8.40. The molecule has 1 N–H and O–H groups in total. The highest BCUT2D eigenvalue weighted by molar-refractivity contribution is 8.00. The molecule has 3 aromatic heterocycles. The summed E-state index contributed by atoms with van der Waals surface area (Å²) in [4.78, 5) is 20.1. The number of benzene rings is 2. The van der Waals surface area contributed by atoms with Crippen LogP contribution in [-0.4, -0.2) is 31.2 Å². The summed E-state index contributed by atoms with van der Waals surface area (Å²) < 4.78 is 2.05. The van der Waals surface area contributed by atoms with E-state index in [0.717, 1.165) is 45.2 Å². The average Bonchev–Trinajstić information content (AvgIpc) is 3.60. The van der Waals surface area contributed by atoms with Crippen LogP contribution in [0.5, 0.6) is 0 Å². The molecule has 1 amide bonds. The van der Waals surface area contributed by atoms with Gasteiger partial charge in [0.05, 0.1) is 11.1 Å². The van der Waals surface area contributed by atoms with E-state index in [-0.39, 0.29) is 11.7 Å².